The summed E-state index contributed by atoms with van der Waals surface area (Å²) in [6.07, 6.45) is 8.69. The van der Waals surface area contributed by atoms with Crippen LogP contribution in [-0.4, -0.2) is 0 Å². The third-order valence-electron chi connectivity index (χ3n) is 10.2. The van der Waals surface area contributed by atoms with Gasteiger partial charge in [-0.2, -0.15) is 0 Å². The highest BCUT2D eigenvalue weighted by molar-refractivity contribution is 7.72. The Morgan fingerprint density at radius 2 is 1.06 bits per heavy atom. The first-order valence-corrected chi connectivity index (χ1v) is 20.3. The largest absolute Gasteiger partial charge is 0.0859 e. The van der Waals surface area contributed by atoms with Crippen molar-refractivity contribution in [1.82, 2.24) is 0 Å². The highest BCUT2D eigenvalue weighted by Gasteiger charge is 2.27. The molecule has 0 nitrogen and oxygen atoms in total. The SMILES string of the molecule is c1ccc(PCc2cc3ccccc3c(-c3c(CP(c4ccccc4)c4ccccc4)ccc4ccccc34)c2C2CCCCC2)cc1. The number of hydrogen-bond acceptors (Lipinski definition) is 0. The van der Waals surface area contributed by atoms with E-state index in [1.807, 2.05) is 0 Å². The van der Waals surface area contributed by atoms with E-state index in [0.29, 0.717) is 5.92 Å². The summed E-state index contributed by atoms with van der Waals surface area (Å²) in [5, 5.41) is 9.81. The lowest BCUT2D eigenvalue weighted by atomic mass is 9.76. The maximum absolute atomic E-state index is 2.56. The number of hydrogen-bond donors (Lipinski definition) is 0. The molecule has 1 aliphatic carbocycles. The van der Waals surface area contributed by atoms with E-state index in [4.69, 9.17) is 0 Å². The molecule has 1 fully saturated rings. The van der Waals surface area contributed by atoms with E-state index in [9.17, 15) is 0 Å². The van der Waals surface area contributed by atoms with Gasteiger partial charge < -0.3 is 0 Å². The van der Waals surface area contributed by atoms with E-state index >= 15 is 0 Å². The van der Waals surface area contributed by atoms with Gasteiger partial charge in [0, 0.05) is 6.16 Å². The fraction of sp³-hybridized carbons (Fsp3) is 0.174. The maximum atomic E-state index is 2.56. The molecule has 236 valence electrons. The Morgan fingerprint density at radius 3 is 1.73 bits per heavy atom. The zero-order chi connectivity index (χ0) is 32.1. The van der Waals surface area contributed by atoms with Gasteiger partial charge in [-0.05, 0) is 98.1 Å². The summed E-state index contributed by atoms with van der Waals surface area (Å²) < 4.78 is 0. The van der Waals surface area contributed by atoms with Crippen molar-refractivity contribution in [3.05, 3.63) is 174 Å². The maximum Gasteiger partial charge on any atom is 0.00138 e. The van der Waals surface area contributed by atoms with E-state index < -0.39 is 7.92 Å². The minimum Gasteiger partial charge on any atom is -0.0859 e. The minimum absolute atomic E-state index is 0.588. The Bertz CT molecular complexity index is 2090. The van der Waals surface area contributed by atoms with Crippen molar-refractivity contribution in [1.29, 1.82) is 0 Å². The molecule has 0 aromatic heterocycles. The lowest BCUT2D eigenvalue weighted by Gasteiger charge is -2.30. The van der Waals surface area contributed by atoms with Gasteiger partial charge in [0.05, 0.1) is 0 Å². The van der Waals surface area contributed by atoms with Crippen LogP contribution in [0.4, 0.5) is 0 Å². The molecule has 0 saturated heterocycles. The van der Waals surface area contributed by atoms with Crippen molar-refractivity contribution in [3.63, 3.8) is 0 Å². The van der Waals surface area contributed by atoms with E-state index in [2.05, 4.69) is 158 Å². The van der Waals surface area contributed by atoms with Crippen molar-refractivity contribution >= 4 is 54.0 Å². The van der Waals surface area contributed by atoms with Crippen molar-refractivity contribution in [2.24, 2.45) is 0 Å². The molecule has 1 saturated carbocycles. The zero-order valence-electron chi connectivity index (χ0n) is 27.5. The topological polar surface area (TPSA) is 0 Å². The number of fused-ring (bicyclic) bond motifs is 2. The molecule has 0 aliphatic heterocycles. The Morgan fingerprint density at radius 1 is 0.500 bits per heavy atom. The number of rotatable bonds is 9. The molecule has 1 unspecified atom stereocenters. The zero-order valence-corrected chi connectivity index (χ0v) is 29.4. The lowest BCUT2D eigenvalue weighted by Crippen LogP contribution is -2.14. The van der Waals surface area contributed by atoms with Gasteiger partial charge in [-0.15, -0.1) is 0 Å². The molecule has 2 heteroatoms. The average Bonchev–Trinajstić information content (AvgIpc) is 3.17. The van der Waals surface area contributed by atoms with Crippen LogP contribution in [-0.2, 0) is 12.3 Å². The van der Waals surface area contributed by atoms with Gasteiger partial charge >= 0.3 is 0 Å². The van der Waals surface area contributed by atoms with Gasteiger partial charge in [-0.25, -0.2) is 0 Å². The standard InChI is InChI=1S/C46H42P2/c1-5-18-35(19-6-1)44-38(32-47-39-21-7-2-8-22-39)31-36-20-14-16-28-43(36)46(44)45-37(30-29-34-17-13-15-27-42(34)45)33-48(40-23-9-3-10-24-40)41-25-11-4-12-26-41/h2-4,7-17,20-31,35,47H,1,5-6,18-19,32-33H2. The summed E-state index contributed by atoms with van der Waals surface area (Å²) in [6.45, 7) is 0. The van der Waals surface area contributed by atoms with Crippen molar-refractivity contribution in [3.8, 4) is 11.1 Å². The summed E-state index contributed by atoms with van der Waals surface area (Å²) in [4.78, 5) is 0. The van der Waals surface area contributed by atoms with Gasteiger partial charge in [0.25, 0.3) is 0 Å². The molecule has 48 heavy (non-hydrogen) atoms. The Labute approximate surface area is 288 Å². The van der Waals surface area contributed by atoms with Crippen LogP contribution in [0.3, 0.4) is 0 Å². The first-order chi connectivity index (χ1) is 23.8. The summed E-state index contributed by atoms with van der Waals surface area (Å²) in [5.41, 5.74) is 7.64. The fourth-order valence-electron chi connectivity index (χ4n) is 7.91. The van der Waals surface area contributed by atoms with E-state index in [-0.39, 0.29) is 0 Å². The van der Waals surface area contributed by atoms with Crippen LogP contribution >= 0.6 is 16.5 Å². The molecule has 0 heterocycles. The van der Waals surface area contributed by atoms with Crippen LogP contribution in [0.15, 0.2) is 158 Å². The average molecular weight is 657 g/mol. The predicted octanol–water partition coefficient (Wildman–Crippen LogP) is 11.8. The fourth-order valence-corrected chi connectivity index (χ4v) is 11.4. The highest BCUT2D eigenvalue weighted by Crippen LogP contribution is 2.50. The first kappa shape index (κ1) is 31.2. The van der Waals surface area contributed by atoms with Gasteiger partial charge in [0.15, 0.2) is 0 Å². The molecule has 0 radical (unpaired) electrons. The first-order valence-electron chi connectivity index (χ1n) is 17.6. The molecule has 8 rings (SSSR count). The van der Waals surface area contributed by atoms with Crippen molar-refractivity contribution in [2.45, 2.75) is 50.3 Å². The number of benzene rings is 7. The minimum atomic E-state index is -0.600. The molecular formula is C46H42P2. The normalized spacial score (nSPS) is 14.0. The van der Waals surface area contributed by atoms with E-state index in [1.54, 1.807) is 11.1 Å². The summed E-state index contributed by atoms with van der Waals surface area (Å²) >= 11 is 0. The molecular weight excluding hydrogens is 614 g/mol. The molecule has 0 N–H and O–H groups in total. The van der Waals surface area contributed by atoms with Gasteiger partial charge in [-0.3, -0.25) is 0 Å². The highest BCUT2D eigenvalue weighted by atomic mass is 31.1. The Balaban J connectivity index is 1.39. The second-order valence-electron chi connectivity index (χ2n) is 13.2. The Kier molecular flexibility index (Phi) is 9.48. The van der Waals surface area contributed by atoms with Crippen molar-refractivity contribution < 1.29 is 0 Å². The molecule has 0 amide bonds. The quantitative estimate of drug-likeness (QED) is 0.136. The smallest absolute Gasteiger partial charge is 0.00138 e. The van der Waals surface area contributed by atoms with Crippen molar-refractivity contribution in [2.75, 3.05) is 0 Å². The van der Waals surface area contributed by atoms with Gasteiger partial charge in [-0.1, -0.05) is 186 Å². The molecule has 0 spiro atoms. The van der Waals surface area contributed by atoms with Crippen LogP contribution in [0.1, 0.15) is 54.7 Å². The van der Waals surface area contributed by atoms with Gasteiger partial charge in [0.2, 0.25) is 0 Å². The summed E-state index contributed by atoms with van der Waals surface area (Å²) in [5.74, 6) is 0.588. The molecule has 7 aromatic carbocycles. The molecule has 1 aliphatic rings. The second-order valence-corrected chi connectivity index (χ2v) is 16.7. The monoisotopic (exact) mass is 656 g/mol. The van der Waals surface area contributed by atoms with E-state index in [1.165, 1.54) is 86.3 Å². The van der Waals surface area contributed by atoms with Crippen LogP contribution in [0.2, 0.25) is 0 Å². The summed E-state index contributed by atoms with van der Waals surface area (Å²) in [6, 6.07) is 59.4. The van der Waals surface area contributed by atoms with Crippen LogP contribution in [0.5, 0.6) is 0 Å². The molecule has 7 aromatic rings. The molecule has 1 atom stereocenters. The lowest BCUT2D eigenvalue weighted by molar-refractivity contribution is 0.443. The Hall–Kier alpha value is -4.08. The summed E-state index contributed by atoms with van der Waals surface area (Å²) in [7, 11) is 0.158. The van der Waals surface area contributed by atoms with Gasteiger partial charge in [0.1, 0.15) is 0 Å². The van der Waals surface area contributed by atoms with Crippen LogP contribution in [0, 0.1) is 0 Å². The van der Waals surface area contributed by atoms with Crippen LogP contribution in [0.25, 0.3) is 32.7 Å². The van der Waals surface area contributed by atoms with E-state index in [0.717, 1.165) is 20.9 Å². The predicted molar refractivity (Wildman–Crippen MR) is 214 cm³/mol. The second kappa shape index (κ2) is 14.6. The third kappa shape index (κ3) is 6.50. The van der Waals surface area contributed by atoms with Crippen LogP contribution < -0.4 is 15.9 Å². The third-order valence-corrected chi connectivity index (χ3v) is 14.0. The molecule has 0 bridgehead atoms.